The van der Waals surface area contributed by atoms with E-state index in [-0.39, 0.29) is 0 Å². The zero-order valence-electron chi connectivity index (χ0n) is 11.0. The van der Waals surface area contributed by atoms with E-state index in [9.17, 15) is 18.7 Å². The van der Waals surface area contributed by atoms with Gasteiger partial charge in [0.1, 0.15) is 11.6 Å². The fraction of sp³-hybridized carbons (Fsp3) is 0.133. The number of halogens is 3. The molecule has 3 nitrogen and oxygen atoms in total. The van der Waals surface area contributed by atoms with Crippen LogP contribution in [0.5, 0.6) is 0 Å². The summed E-state index contributed by atoms with van der Waals surface area (Å²) in [7, 11) is 0. The number of anilines is 1. The zero-order chi connectivity index (χ0) is 15.6. The summed E-state index contributed by atoms with van der Waals surface area (Å²) in [6, 6.07) is 8.01. The Morgan fingerprint density at radius 2 is 1.90 bits per heavy atom. The van der Waals surface area contributed by atoms with Gasteiger partial charge in [-0.3, -0.25) is 4.79 Å². The number of para-hydroxylation sites is 1. The topological polar surface area (TPSA) is 49.3 Å². The van der Waals surface area contributed by atoms with Crippen LogP contribution in [0.15, 0.2) is 36.4 Å². The molecule has 2 aromatic carbocycles. The van der Waals surface area contributed by atoms with Crippen molar-refractivity contribution < 1.29 is 18.7 Å². The molecule has 0 bridgehead atoms. The van der Waals surface area contributed by atoms with Crippen molar-refractivity contribution in [2.45, 2.75) is 13.0 Å². The minimum Gasteiger partial charge on any atom is -0.389 e. The summed E-state index contributed by atoms with van der Waals surface area (Å²) in [6.45, 7) is 1.54. The first-order chi connectivity index (χ1) is 9.90. The molecule has 2 aromatic rings. The highest BCUT2D eigenvalue weighted by Crippen LogP contribution is 2.24. The predicted molar refractivity (Wildman–Crippen MR) is 76.4 cm³/mol. The van der Waals surface area contributed by atoms with Crippen LogP contribution in [0.1, 0.15) is 28.9 Å². The lowest BCUT2D eigenvalue weighted by molar-refractivity contribution is 0.102. The van der Waals surface area contributed by atoms with Gasteiger partial charge in [0.2, 0.25) is 0 Å². The molecular formula is C15H12ClF2NO2. The highest BCUT2D eigenvalue weighted by molar-refractivity contribution is 6.30. The van der Waals surface area contributed by atoms with Crippen LogP contribution < -0.4 is 5.32 Å². The molecular weight excluding hydrogens is 300 g/mol. The lowest BCUT2D eigenvalue weighted by Crippen LogP contribution is -2.16. The van der Waals surface area contributed by atoms with Crippen molar-refractivity contribution in [1.29, 1.82) is 0 Å². The first kappa shape index (κ1) is 15.4. The molecule has 0 radical (unpaired) electrons. The Labute approximate surface area is 125 Å². The maximum atomic E-state index is 13.7. The number of benzene rings is 2. The van der Waals surface area contributed by atoms with Crippen molar-refractivity contribution in [1.82, 2.24) is 0 Å². The molecule has 2 N–H and O–H groups in total. The van der Waals surface area contributed by atoms with Crippen LogP contribution in [0.25, 0.3) is 0 Å². The van der Waals surface area contributed by atoms with E-state index in [0.29, 0.717) is 11.3 Å². The van der Waals surface area contributed by atoms with E-state index in [2.05, 4.69) is 5.32 Å². The molecule has 21 heavy (non-hydrogen) atoms. The second kappa shape index (κ2) is 6.20. The second-order valence-corrected chi connectivity index (χ2v) is 4.87. The van der Waals surface area contributed by atoms with Crippen molar-refractivity contribution in [3.63, 3.8) is 0 Å². The van der Waals surface area contributed by atoms with Crippen molar-refractivity contribution in [2.75, 3.05) is 5.32 Å². The van der Waals surface area contributed by atoms with E-state index < -0.39 is 34.2 Å². The lowest BCUT2D eigenvalue weighted by atomic mass is 10.1. The number of hydrogen-bond donors (Lipinski definition) is 2. The Bertz CT molecular complexity index is 689. The number of carbonyl (C=O) groups is 1. The summed E-state index contributed by atoms with van der Waals surface area (Å²) < 4.78 is 27.0. The van der Waals surface area contributed by atoms with Crippen molar-refractivity contribution in [3.05, 3.63) is 64.2 Å². The van der Waals surface area contributed by atoms with Gasteiger partial charge in [0.15, 0.2) is 0 Å². The van der Waals surface area contributed by atoms with Crippen LogP contribution in [0.4, 0.5) is 14.5 Å². The molecule has 2 rings (SSSR count). The van der Waals surface area contributed by atoms with E-state index in [1.165, 1.54) is 6.92 Å². The van der Waals surface area contributed by atoms with Crippen LogP contribution in [0.2, 0.25) is 5.02 Å². The molecule has 6 heteroatoms. The Morgan fingerprint density at radius 1 is 1.24 bits per heavy atom. The Hall–Kier alpha value is -1.98. The van der Waals surface area contributed by atoms with Gasteiger partial charge in [-0.2, -0.15) is 0 Å². The van der Waals surface area contributed by atoms with E-state index in [1.807, 2.05) is 0 Å². The molecule has 0 aliphatic carbocycles. The molecule has 1 atom stereocenters. The quantitative estimate of drug-likeness (QED) is 0.844. The predicted octanol–water partition coefficient (Wildman–Crippen LogP) is 3.92. The molecule has 0 heterocycles. The summed E-state index contributed by atoms with van der Waals surface area (Å²) in [6.07, 6.45) is -0.812. The van der Waals surface area contributed by atoms with E-state index in [0.717, 1.165) is 12.1 Å². The number of rotatable bonds is 3. The van der Waals surface area contributed by atoms with Gasteiger partial charge >= 0.3 is 0 Å². The fourth-order valence-corrected chi connectivity index (χ4v) is 2.01. The Kier molecular flexibility index (Phi) is 4.55. The van der Waals surface area contributed by atoms with Gasteiger partial charge in [0.05, 0.1) is 16.7 Å². The molecule has 0 saturated carbocycles. The third-order valence-corrected chi connectivity index (χ3v) is 3.20. The summed E-state index contributed by atoms with van der Waals surface area (Å²) in [5, 5.41) is 11.7. The second-order valence-electron chi connectivity index (χ2n) is 4.46. The maximum absolute atomic E-state index is 13.7. The van der Waals surface area contributed by atoms with Crippen LogP contribution in [0, 0.1) is 11.6 Å². The highest BCUT2D eigenvalue weighted by Gasteiger charge is 2.17. The summed E-state index contributed by atoms with van der Waals surface area (Å²) in [5.41, 5.74) is 0.338. The first-order valence-electron chi connectivity index (χ1n) is 6.13. The minimum absolute atomic E-state index is 0.326. The zero-order valence-corrected chi connectivity index (χ0v) is 11.8. The molecule has 1 amide bonds. The first-order valence-corrected chi connectivity index (χ1v) is 6.51. The normalized spacial score (nSPS) is 12.0. The van der Waals surface area contributed by atoms with Gasteiger partial charge in [-0.25, -0.2) is 8.78 Å². The number of aliphatic hydroxyl groups is 1. The SMILES string of the molecule is CC(O)c1ccccc1NC(=O)c1cc(F)c(Cl)cc1F. The molecule has 0 spiro atoms. The van der Waals surface area contributed by atoms with Gasteiger partial charge in [-0.15, -0.1) is 0 Å². The molecule has 0 aliphatic heterocycles. The smallest absolute Gasteiger partial charge is 0.258 e. The van der Waals surface area contributed by atoms with Gasteiger partial charge in [0.25, 0.3) is 5.91 Å². The Morgan fingerprint density at radius 3 is 2.57 bits per heavy atom. The minimum atomic E-state index is -0.923. The summed E-state index contributed by atoms with van der Waals surface area (Å²) in [4.78, 5) is 12.0. The molecule has 0 aliphatic rings. The van der Waals surface area contributed by atoms with E-state index >= 15 is 0 Å². The molecule has 0 saturated heterocycles. The van der Waals surface area contributed by atoms with Gasteiger partial charge in [-0.1, -0.05) is 29.8 Å². The van der Waals surface area contributed by atoms with Crippen molar-refractivity contribution in [2.24, 2.45) is 0 Å². The molecule has 1 unspecified atom stereocenters. The van der Waals surface area contributed by atoms with Crippen LogP contribution in [0.3, 0.4) is 0 Å². The number of amides is 1. The van der Waals surface area contributed by atoms with Crippen LogP contribution >= 0.6 is 11.6 Å². The van der Waals surface area contributed by atoms with Crippen molar-refractivity contribution >= 4 is 23.2 Å². The third-order valence-electron chi connectivity index (χ3n) is 2.91. The Balaban J connectivity index is 2.33. The van der Waals surface area contributed by atoms with Gasteiger partial charge in [0, 0.05) is 11.3 Å². The van der Waals surface area contributed by atoms with E-state index in [4.69, 9.17) is 11.6 Å². The molecule has 110 valence electrons. The van der Waals surface area contributed by atoms with Crippen molar-refractivity contribution in [3.8, 4) is 0 Å². The largest absolute Gasteiger partial charge is 0.389 e. The maximum Gasteiger partial charge on any atom is 0.258 e. The number of carbonyl (C=O) groups excluding carboxylic acids is 1. The summed E-state index contributed by atoms with van der Waals surface area (Å²) >= 11 is 5.44. The monoisotopic (exact) mass is 311 g/mol. The number of nitrogens with one attached hydrogen (secondary N) is 1. The summed E-state index contributed by atoms with van der Waals surface area (Å²) in [5.74, 6) is -2.63. The average molecular weight is 312 g/mol. The third kappa shape index (κ3) is 3.37. The number of aliphatic hydroxyl groups excluding tert-OH is 1. The number of hydrogen-bond acceptors (Lipinski definition) is 2. The highest BCUT2D eigenvalue weighted by atomic mass is 35.5. The van der Waals surface area contributed by atoms with Crippen LogP contribution in [-0.4, -0.2) is 11.0 Å². The average Bonchev–Trinajstić information content (AvgIpc) is 2.43. The van der Waals surface area contributed by atoms with Crippen LogP contribution in [-0.2, 0) is 0 Å². The standard InChI is InChI=1S/C15H12ClF2NO2/c1-8(20)9-4-2-3-5-14(9)19-15(21)10-6-13(18)11(16)7-12(10)17/h2-8,20H,1H3,(H,19,21). The molecule has 0 aromatic heterocycles. The van der Waals surface area contributed by atoms with Gasteiger partial charge in [-0.05, 0) is 25.1 Å². The van der Waals surface area contributed by atoms with E-state index in [1.54, 1.807) is 24.3 Å². The fourth-order valence-electron chi connectivity index (χ4n) is 1.86. The lowest BCUT2D eigenvalue weighted by Gasteiger charge is -2.13. The molecule has 0 fully saturated rings. The van der Waals surface area contributed by atoms with Gasteiger partial charge < -0.3 is 10.4 Å².